The third-order valence-electron chi connectivity index (χ3n) is 3.52. The van der Waals surface area contributed by atoms with Crippen molar-refractivity contribution in [1.29, 1.82) is 0 Å². The van der Waals surface area contributed by atoms with Crippen LogP contribution in [-0.2, 0) is 4.79 Å². The highest BCUT2D eigenvalue weighted by molar-refractivity contribution is 5.75. The molecule has 1 aromatic carbocycles. The van der Waals surface area contributed by atoms with Crippen molar-refractivity contribution in [2.45, 2.75) is 32.6 Å². The first-order valence-electron chi connectivity index (χ1n) is 6.33. The van der Waals surface area contributed by atoms with Crippen LogP contribution in [0.1, 0.15) is 32.6 Å². The number of hydrogen-bond donors (Lipinski definition) is 0. The second kappa shape index (κ2) is 5.63. The van der Waals surface area contributed by atoms with Crippen LogP contribution in [0.5, 0.6) is 5.75 Å². The van der Waals surface area contributed by atoms with Gasteiger partial charge in [0.2, 0.25) is 0 Å². The first-order chi connectivity index (χ1) is 8.97. The van der Waals surface area contributed by atoms with Gasteiger partial charge in [-0.15, -0.1) is 0 Å². The second-order valence-electron chi connectivity index (χ2n) is 5.08. The minimum atomic E-state index is -1.56. The number of hydrogen-bond acceptors (Lipinski definition) is 2. The highest BCUT2D eigenvalue weighted by Crippen LogP contribution is 2.30. The number of carbonyl (C=O) groups excluding carboxylic acids is 1. The Hall–Kier alpha value is -1.52. The van der Waals surface area contributed by atoms with Crippen molar-refractivity contribution < 1.29 is 22.7 Å². The molecule has 1 aliphatic rings. The molecule has 1 saturated carbocycles. The average Bonchev–Trinajstić information content (AvgIpc) is 2.36. The number of halogens is 3. The molecule has 0 aromatic heterocycles. The molecule has 5 heteroatoms. The molecule has 104 valence electrons. The van der Waals surface area contributed by atoms with E-state index in [-0.39, 0.29) is 11.7 Å². The Balaban J connectivity index is 2.03. The molecule has 0 heterocycles. The number of rotatable bonds is 2. The molecule has 0 unspecified atom stereocenters. The Morgan fingerprint density at radius 1 is 1.11 bits per heavy atom. The van der Waals surface area contributed by atoms with Gasteiger partial charge in [0.25, 0.3) is 0 Å². The van der Waals surface area contributed by atoms with Crippen LogP contribution in [0.25, 0.3) is 0 Å². The quantitative estimate of drug-likeness (QED) is 0.464. The molecule has 0 radical (unpaired) electrons. The molecular formula is C14H15F3O2. The van der Waals surface area contributed by atoms with Gasteiger partial charge in [-0.1, -0.05) is 6.92 Å². The van der Waals surface area contributed by atoms with Crippen molar-refractivity contribution in [3.05, 3.63) is 29.6 Å². The van der Waals surface area contributed by atoms with Gasteiger partial charge >= 0.3 is 5.97 Å². The zero-order chi connectivity index (χ0) is 14.0. The first-order valence-corrected chi connectivity index (χ1v) is 6.33. The lowest BCUT2D eigenvalue weighted by Gasteiger charge is -2.24. The van der Waals surface area contributed by atoms with E-state index in [0.29, 0.717) is 30.9 Å². The Labute approximate surface area is 109 Å². The fourth-order valence-electron chi connectivity index (χ4n) is 2.29. The van der Waals surface area contributed by atoms with Crippen molar-refractivity contribution in [2.24, 2.45) is 11.8 Å². The minimum Gasteiger partial charge on any atom is -0.426 e. The summed E-state index contributed by atoms with van der Waals surface area (Å²) in [6, 6.07) is 1.36. The van der Waals surface area contributed by atoms with Crippen molar-refractivity contribution >= 4 is 5.97 Å². The van der Waals surface area contributed by atoms with Crippen LogP contribution in [0.15, 0.2) is 12.1 Å². The number of esters is 1. The van der Waals surface area contributed by atoms with Crippen molar-refractivity contribution in [3.8, 4) is 5.75 Å². The SMILES string of the molecule is CC1CCC(C(=O)Oc2cc(F)c(F)c(F)c2)CC1. The summed E-state index contributed by atoms with van der Waals surface area (Å²) in [5.74, 6) is -4.74. The van der Waals surface area contributed by atoms with Gasteiger partial charge in [0.1, 0.15) is 5.75 Å². The molecule has 1 aliphatic carbocycles. The molecular weight excluding hydrogens is 257 g/mol. The molecule has 2 nitrogen and oxygen atoms in total. The van der Waals surface area contributed by atoms with Crippen LogP contribution in [-0.4, -0.2) is 5.97 Å². The molecule has 0 N–H and O–H groups in total. The van der Waals surface area contributed by atoms with E-state index in [4.69, 9.17) is 4.74 Å². The van der Waals surface area contributed by atoms with E-state index in [1.54, 1.807) is 0 Å². The number of ether oxygens (including phenoxy) is 1. The summed E-state index contributed by atoms with van der Waals surface area (Å²) in [6.07, 6.45) is 3.30. The van der Waals surface area contributed by atoms with Gasteiger partial charge in [-0.05, 0) is 31.6 Å². The normalized spacial score (nSPS) is 23.2. The van der Waals surface area contributed by atoms with Gasteiger partial charge in [0.05, 0.1) is 5.92 Å². The fourth-order valence-corrected chi connectivity index (χ4v) is 2.29. The van der Waals surface area contributed by atoms with E-state index in [1.165, 1.54) is 0 Å². The van der Waals surface area contributed by atoms with Gasteiger partial charge < -0.3 is 4.74 Å². The Morgan fingerprint density at radius 3 is 2.16 bits per heavy atom. The zero-order valence-corrected chi connectivity index (χ0v) is 10.6. The number of carbonyl (C=O) groups is 1. The molecule has 19 heavy (non-hydrogen) atoms. The molecule has 1 aromatic rings. The predicted molar refractivity (Wildman–Crippen MR) is 63.1 cm³/mol. The summed E-state index contributed by atoms with van der Waals surface area (Å²) in [4.78, 5) is 11.8. The highest BCUT2D eigenvalue weighted by atomic mass is 19.2. The second-order valence-corrected chi connectivity index (χ2v) is 5.08. The Morgan fingerprint density at radius 2 is 1.63 bits per heavy atom. The van der Waals surface area contributed by atoms with Crippen LogP contribution < -0.4 is 4.74 Å². The molecule has 0 saturated heterocycles. The maximum Gasteiger partial charge on any atom is 0.314 e. The largest absolute Gasteiger partial charge is 0.426 e. The Kier molecular flexibility index (Phi) is 4.12. The summed E-state index contributed by atoms with van der Waals surface area (Å²) in [5.41, 5.74) is 0. The van der Waals surface area contributed by atoms with Crippen LogP contribution in [0.2, 0.25) is 0 Å². The predicted octanol–water partition coefficient (Wildman–Crippen LogP) is 3.84. The smallest absolute Gasteiger partial charge is 0.314 e. The standard InChI is InChI=1S/C14H15F3O2/c1-8-2-4-9(5-3-8)14(18)19-10-6-11(15)13(17)12(16)7-10/h6-9H,2-5H2,1H3. The lowest BCUT2D eigenvalue weighted by Crippen LogP contribution is -2.25. The lowest BCUT2D eigenvalue weighted by atomic mass is 9.83. The highest BCUT2D eigenvalue weighted by Gasteiger charge is 2.26. The lowest BCUT2D eigenvalue weighted by molar-refractivity contribution is -0.140. The van der Waals surface area contributed by atoms with E-state index in [2.05, 4.69) is 6.92 Å². The summed E-state index contributed by atoms with van der Waals surface area (Å²) in [6.45, 7) is 2.12. The van der Waals surface area contributed by atoms with E-state index < -0.39 is 23.4 Å². The molecule has 0 bridgehead atoms. The average molecular weight is 272 g/mol. The van der Waals surface area contributed by atoms with Gasteiger partial charge in [-0.25, -0.2) is 13.2 Å². The van der Waals surface area contributed by atoms with Crippen LogP contribution in [0.4, 0.5) is 13.2 Å². The fraction of sp³-hybridized carbons (Fsp3) is 0.500. The molecule has 0 aliphatic heterocycles. The molecule has 2 rings (SSSR count). The Bertz CT molecular complexity index is 457. The van der Waals surface area contributed by atoms with E-state index in [0.717, 1.165) is 12.8 Å². The van der Waals surface area contributed by atoms with Crippen molar-refractivity contribution in [2.75, 3.05) is 0 Å². The van der Waals surface area contributed by atoms with Crippen molar-refractivity contribution in [3.63, 3.8) is 0 Å². The monoisotopic (exact) mass is 272 g/mol. The van der Waals surface area contributed by atoms with Crippen LogP contribution >= 0.6 is 0 Å². The third-order valence-corrected chi connectivity index (χ3v) is 3.52. The van der Waals surface area contributed by atoms with Gasteiger partial charge in [0, 0.05) is 12.1 Å². The molecule has 1 fully saturated rings. The van der Waals surface area contributed by atoms with E-state index >= 15 is 0 Å². The summed E-state index contributed by atoms with van der Waals surface area (Å²) in [7, 11) is 0. The van der Waals surface area contributed by atoms with E-state index in [9.17, 15) is 18.0 Å². The zero-order valence-electron chi connectivity index (χ0n) is 10.6. The maximum atomic E-state index is 13.0. The topological polar surface area (TPSA) is 26.3 Å². The van der Waals surface area contributed by atoms with Gasteiger partial charge in [-0.2, -0.15) is 0 Å². The van der Waals surface area contributed by atoms with Crippen LogP contribution in [0.3, 0.4) is 0 Å². The third kappa shape index (κ3) is 3.28. The van der Waals surface area contributed by atoms with Crippen LogP contribution in [0, 0.1) is 29.3 Å². The minimum absolute atomic E-state index is 0.243. The molecule has 0 spiro atoms. The van der Waals surface area contributed by atoms with E-state index in [1.807, 2.05) is 0 Å². The maximum absolute atomic E-state index is 13.0. The van der Waals surface area contributed by atoms with Gasteiger partial charge in [0.15, 0.2) is 17.5 Å². The van der Waals surface area contributed by atoms with Crippen molar-refractivity contribution in [1.82, 2.24) is 0 Å². The molecule has 0 atom stereocenters. The van der Waals surface area contributed by atoms with Gasteiger partial charge in [-0.3, -0.25) is 4.79 Å². The first kappa shape index (κ1) is 13.9. The summed E-state index contributed by atoms with van der Waals surface area (Å²) < 4.78 is 43.6. The molecule has 0 amide bonds. The summed E-state index contributed by atoms with van der Waals surface area (Å²) >= 11 is 0. The number of benzene rings is 1. The summed E-state index contributed by atoms with van der Waals surface area (Å²) in [5, 5.41) is 0.